The molecule has 2 aromatic carbocycles. The molecule has 0 fully saturated rings. The van der Waals surface area contributed by atoms with Gasteiger partial charge in [0.15, 0.2) is 6.10 Å². The number of amides is 1. The number of rotatable bonds is 7. The van der Waals surface area contributed by atoms with Crippen molar-refractivity contribution in [2.45, 2.75) is 13.0 Å². The summed E-state index contributed by atoms with van der Waals surface area (Å²) in [5.41, 5.74) is 0. The van der Waals surface area contributed by atoms with Crippen LogP contribution in [0, 0.1) is 0 Å². The van der Waals surface area contributed by atoms with Gasteiger partial charge in [-0.15, -0.1) is 0 Å². The first-order valence-corrected chi connectivity index (χ1v) is 7.55. The van der Waals surface area contributed by atoms with Crippen molar-refractivity contribution in [1.29, 1.82) is 0 Å². The number of nitrogens with one attached hydrogen (secondary N) is 1. The van der Waals surface area contributed by atoms with E-state index in [9.17, 15) is 4.79 Å². The van der Waals surface area contributed by atoms with Crippen LogP contribution < -0.4 is 14.8 Å². The maximum absolute atomic E-state index is 11.7. The van der Waals surface area contributed by atoms with Gasteiger partial charge in [0.05, 0.1) is 6.61 Å². The number of benzene rings is 2. The van der Waals surface area contributed by atoms with Crippen LogP contribution >= 0.6 is 11.6 Å². The Kier molecular flexibility index (Phi) is 6.26. The van der Waals surface area contributed by atoms with Crippen LogP contribution in [0.4, 0.5) is 0 Å². The van der Waals surface area contributed by atoms with Crippen molar-refractivity contribution in [1.82, 2.24) is 5.32 Å². The molecule has 2 N–H and O–H groups in total. The lowest BCUT2D eigenvalue weighted by molar-refractivity contribution is -0.127. The van der Waals surface area contributed by atoms with Crippen LogP contribution in [0.25, 0.3) is 0 Å². The van der Waals surface area contributed by atoms with E-state index in [1.54, 1.807) is 55.5 Å². The first-order chi connectivity index (χ1) is 11.1. The van der Waals surface area contributed by atoms with E-state index in [1.165, 1.54) is 0 Å². The van der Waals surface area contributed by atoms with E-state index in [0.29, 0.717) is 22.3 Å². The molecule has 122 valence electrons. The Hall–Kier alpha value is -2.24. The topological polar surface area (TPSA) is 67.8 Å². The van der Waals surface area contributed by atoms with Gasteiger partial charge in [-0.1, -0.05) is 11.6 Å². The summed E-state index contributed by atoms with van der Waals surface area (Å²) in [6.07, 6.45) is -0.649. The number of carbonyl (C=O) groups is 1. The predicted octanol–water partition coefficient (Wildman–Crippen LogP) is 3.01. The molecule has 0 aliphatic carbocycles. The van der Waals surface area contributed by atoms with Gasteiger partial charge in [-0.25, -0.2) is 0 Å². The fourth-order valence-electron chi connectivity index (χ4n) is 1.81. The highest BCUT2D eigenvalue weighted by atomic mass is 35.5. The first kappa shape index (κ1) is 17.1. The smallest absolute Gasteiger partial charge is 0.260 e. The van der Waals surface area contributed by atoms with Gasteiger partial charge in [-0.05, 0) is 55.5 Å². The zero-order valence-electron chi connectivity index (χ0n) is 12.7. The Morgan fingerprint density at radius 2 is 1.61 bits per heavy atom. The van der Waals surface area contributed by atoms with Gasteiger partial charge >= 0.3 is 0 Å². The Morgan fingerprint density at radius 1 is 1.09 bits per heavy atom. The van der Waals surface area contributed by atoms with E-state index in [1.807, 2.05) is 0 Å². The number of aliphatic hydroxyl groups is 1. The van der Waals surface area contributed by atoms with E-state index in [0.717, 1.165) is 0 Å². The predicted molar refractivity (Wildman–Crippen MR) is 88.2 cm³/mol. The zero-order chi connectivity index (χ0) is 16.7. The third-order valence-corrected chi connectivity index (χ3v) is 3.22. The molecular weight excluding hydrogens is 318 g/mol. The third kappa shape index (κ3) is 5.47. The van der Waals surface area contributed by atoms with Crippen LogP contribution in [-0.4, -0.2) is 30.3 Å². The minimum Gasteiger partial charge on any atom is -0.481 e. The molecule has 2 rings (SSSR count). The molecule has 6 heteroatoms. The molecule has 23 heavy (non-hydrogen) atoms. The highest BCUT2D eigenvalue weighted by Gasteiger charge is 2.13. The van der Waals surface area contributed by atoms with Crippen molar-refractivity contribution >= 4 is 17.5 Å². The van der Waals surface area contributed by atoms with Crippen molar-refractivity contribution in [2.75, 3.05) is 13.2 Å². The maximum atomic E-state index is 11.7. The normalized spacial score (nSPS) is 11.6. The highest BCUT2D eigenvalue weighted by Crippen LogP contribution is 2.25. The second-order valence-electron chi connectivity index (χ2n) is 4.80. The average Bonchev–Trinajstić information content (AvgIpc) is 2.56. The summed E-state index contributed by atoms with van der Waals surface area (Å²) in [6.45, 7) is 1.75. The van der Waals surface area contributed by atoms with Crippen LogP contribution in [0.3, 0.4) is 0 Å². The van der Waals surface area contributed by atoms with Gasteiger partial charge in [0.25, 0.3) is 5.91 Å². The fraction of sp³-hybridized carbons (Fsp3) is 0.235. The van der Waals surface area contributed by atoms with Crippen molar-refractivity contribution in [3.05, 3.63) is 53.6 Å². The number of hydrogen-bond acceptors (Lipinski definition) is 4. The molecule has 0 aromatic heterocycles. The Labute approximate surface area is 139 Å². The summed E-state index contributed by atoms with van der Waals surface area (Å²) < 4.78 is 11.2. The summed E-state index contributed by atoms with van der Waals surface area (Å²) >= 11 is 5.82. The quantitative estimate of drug-likeness (QED) is 0.816. The van der Waals surface area contributed by atoms with Gasteiger partial charge in [0.1, 0.15) is 17.2 Å². The van der Waals surface area contributed by atoms with Crippen molar-refractivity contribution in [3.8, 4) is 17.2 Å². The lowest BCUT2D eigenvalue weighted by Gasteiger charge is -2.14. The molecule has 0 bridgehead atoms. The number of ether oxygens (including phenoxy) is 2. The van der Waals surface area contributed by atoms with E-state index in [4.69, 9.17) is 26.2 Å². The van der Waals surface area contributed by atoms with Crippen LogP contribution in [0.1, 0.15) is 6.92 Å². The zero-order valence-corrected chi connectivity index (χ0v) is 13.4. The standard InChI is InChI=1S/C17H18ClNO4/c1-12(17(21)19-10-11-20)22-14-6-8-16(9-7-14)23-15-4-2-13(18)3-5-15/h2-9,12,20H,10-11H2,1H3,(H,19,21). The summed E-state index contributed by atoms with van der Waals surface area (Å²) in [4.78, 5) is 11.7. The molecule has 0 aliphatic rings. The summed E-state index contributed by atoms with van der Waals surface area (Å²) in [7, 11) is 0. The molecule has 0 spiro atoms. The summed E-state index contributed by atoms with van der Waals surface area (Å²) in [6, 6.07) is 14.0. The molecule has 1 amide bonds. The van der Waals surface area contributed by atoms with Gasteiger partial charge < -0.3 is 19.9 Å². The monoisotopic (exact) mass is 335 g/mol. The molecule has 0 saturated carbocycles. The lowest BCUT2D eigenvalue weighted by atomic mass is 10.3. The number of aliphatic hydroxyl groups excluding tert-OH is 1. The second kappa shape index (κ2) is 8.41. The molecular formula is C17H18ClNO4. The van der Waals surface area contributed by atoms with E-state index in [2.05, 4.69) is 5.32 Å². The first-order valence-electron chi connectivity index (χ1n) is 7.17. The van der Waals surface area contributed by atoms with Crippen molar-refractivity contribution in [3.63, 3.8) is 0 Å². The summed E-state index contributed by atoms with van der Waals surface area (Å²) in [5, 5.41) is 11.9. The SMILES string of the molecule is CC(Oc1ccc(Oc2ccc(Cl)cc2)cc1)C(=O)NCCO. The molecule has 0 aliphatic heterocycles. The van der Waals surface area contributed by atoms with Gasteiger partial charge in [0.2, 0.25) is 0 Å². The van der Waals surface area contributed by atoms with Crippen molar-refractivity contribution in [2.24, 2.45) is 0 Å². The van der Waals surface area contributed by atoms with E-state index in [-0.39, 0.29) is 19.1 Å². The summed E-state index contributed by atoms with van der Waals surface area (Å²) in [5.74, 6) is 1.61. The Bertz CT molecular complexity index is 628. The molecule has 5 nitrogen and oxygen atoms in total. The van der Waals surface area contributed by atoms with Gasteiger partial charge in [0, 0.05) is 11.6 Å². The molecule has 2 aromatic rings. The molecule has 1 atom stereocenters. The minimum absolute atomic E-state index is 0.102. The highest BCUT2D eigenvalue weighted by molar-refractivity contribution is 6.30. The second-order valence-corrected chi connectivity index (χ2v) is 5.24. The number of carbonyl (C=O) groups excluding carboxylic acids is 1. The largest absolute Gasteiger partial charge is 0.481 e. The maximum Gasteiger partial charge on any atom is 0.260 e. The van der Waals surface area contributed by atoms with Gasteiger partial charge in [-0.3, -0.25) is 4.79 Å². The van der Waals surface area contributed by atoms with Crippen molar-refractivity contribution < 1.29 is 19.4 Å². The number of hydrogen-bond donors (Lipinski definition) is 2. The number of halogens is 1. The van der Waals surface area contributed by atoms with Crippen LogP contribution in [-0.2, 0) is 4.79 Å². The molecule has 1 unspecified atom stereocenters. The Morgan fingerprint density at radius 3 is 2.17 bits per heavy atom. The lowest BCUT2D eigenvalue weighted by Crippen LogP contribution is -2.37. The van der Waals surface area contributed by atoms with E-state index >= 15 is 0 Å². The van der Waals surface area contributed by atoms with Crippen LogP contribution in [0.2, 0.25) is 5.02 Å². The Balaban J connectivity index is 1.91. The van der Waals surface area contributed by atoms with Gasteiger partial charge in [-0.2, -0.15) is 0 Å². The van der Waals surface area contributed by atoms with E-state index < -0.39 is 6.10 Å². The minimum atomic E-state index is -0.649. The van der Waals surface area contributed by atoms with Crippen LogP contribution in [0.15, 0.2) is 48.5 Å². The third-order valence-electron chi connectivity index (χ3n) is 2.97. The molecule has 0 radical (unpaired) electrons. The average molecular weight is 336 g/mol. The molecule has 0 heterocycles. The molecule has 0 saturated heterocycles. The van der Waals surface area contributed by atoms with Crippen LogP contribution in [0.5, 0.6) is 17.2 Å². The fourth-order valence-corrected chi connectivity index (χ4v) is 1.93.